The van der Waals surface area contributed by atoms with Gasteiger partial charge in [-0.15, -0.1) is 0 Å². The van der Waals surface area contributed by atoms with E-state index >= 15 is 0 Å². The molecule has 5 nitrogen and oxygen atoms in total. The molecule has 0 heterocycles. The fraction of sp³-hybridized carbons (Fsp3) is 0.300. The number of nitrogens with one attached hydrogen (secondary N) is 1. The van der Waals surface area contributed by atoms with Crippen LogP contribution in [0.25, 0.3) is 11.1 Å². The molecule has 0 aromatic heterocycles. The van der Waals surface area contributed by atoms with Gasteiger partial charge in [0, 0.05) is 5.92 Å². The average molecular weight is 372 g/mol. The molecule has 2 aromatic carbocycles. The van der Waals surface area contributed by atoms with Gasteiger partial charge in [-0.25, -0.2) is 9.59 Å². The van der Waals surface area contributed by atoms with Crippen molar-refractivity contribution in [2.75, 3.05) is 18.6 Å². The van der Waals surface area contributed by atoms with E-state index < -0.39 is 18.1 Å². The number of hydrogen-bond donors (Lipinski definition) is 2. The first-order chi connectivity index (χ1) is 12.6. The highest BCUT2D eigenvalue weighted by Crippen LogP contribution is 2.44. The van der Waals surface area contributed by atoms with Crippen molar-refractivity contribution in [1.82, 2.24) is 5.32 Å². The largest absolute Gasteiger partial charge is 0.480 e. The zero-order chi connectivity index (χ0) is 18.5. The lowest BCUT2D eigenvalue weighted by molar-refractivity contribution is -0.139. The molecule has 0 radical (unpaired) electrons. The Morgan fingerprint density at radius 2 is 1.69 bits per heavy atom. The molecule has 1 aliphatic rings. The van der Waals surface area contributed by atoms with E-state index in [1.807, 2.05) is 42.7 Å². The number of fused-ring (bicyclic) bond motifs is 3. The summed E-state index contributed by atoms with van der Waals surface area (Å²) in [6.07, 6.45) is 1.56. The topological polar surface area (TPSA) is 75.6 Å². The second-order valence-electron chi connectivity index (χ2n) is 6.14. The van der Waals surface area contributed by atoms with E-state index in [0.717, 1.165) is 22.3 Å². The number of benzene rings is 2. The van der Waals surface area contributed by atoms with Crippen molar-refractivity contribution in [2.24, 2.45) is 0 Å². The molecule has 1 amide bonds. The van der Waals surface area contributed by atoms with Crippen LogP contribution in [0.3, 0.4) is 0 Å². The van der Waals surface area contributed by atoms with E-state index in [1.54, 1.807) is 0 Å². The van der Waals surface area contributed by atoms with Crippen molar-refractivity contribution >= 4 is 23.8 Å². The molecule has 0 saturated heterocycles. The predicted octanol–water partition coefficient (Wildman–Crippen LogP) is 3.73. The SMILES string of the molecule is CSCC[C@H](NC(=O)OCC1c2ccccc2-c2ccccc21)[13C](=O)O. The molecule has 0 unspecified atom stereocenters. The van der Waals surface area contributed by atoms with Crippen LogP contribution < -0.4 is 5.32 Å². The summed E-state index contributed by atoms with van der Waals surface area (Å²) in [5, 5.41) is 11.7. The number of alkyl carbamates (subject to hydrolysis) is 1. The summed E-state index contributed by atoms with van der Waals surface area (Å²) in [5.74, 6) is -0.434. The maximum absolute atomic E-state index is 12.1. The van der Waals surface area contributed by atoms with E-state index in [0.29, 0.717) is 12.2 Å². The molecule has 2 aromatic rings. The van der Waals surface area contributed by atoms with Gasteiger partial charge in [0.15, 0.2) is 0 Å². The van der Waals surface area contributed by atoms with E-state index in [4.69, 9.17) is 4.74 Å². The molecule has 0 fully saturated rings. The summed E-state index contributed by atoms with van der Waals surface area (Å²) in [6.45, 7) is 0.175. The summed E-state index contributed by atoms with van der Waals surface area (Å²) in [6, 6.07) is 15.2. The molecule has 136 valence electrons. The average Bonchev–Trinajstić information content (AvgIpc) is 2.97. The van der Waals surface area contributed by atoms with Gasteiger partial charge in [0.1, 0.15) is 12.6 Å². The molecule has 0 bridgehead atoms. The molecule has 0 spiro atoms. The van der Waals surface area contributed by atoms with Gasteiger partial charge in [-0.2, -0.15) is 11.8 Å². The minimum atomic E-state index is -1.05. The van der Waals surface area contributed by atoms with E-state index in [1.165, 1.54) is 11.8 Å². The fourth-order valence-electron chi connectivity index (χ4n) is 3.28. The Morgan fingerprint density at radius 1 is 1.12 bits per heavy atom. The molecule has 6 heteroatoms. The van der Waals surface area contributed by atoms with E-state index in [9.17, 15) is 14.7 Å². The normalized spacial score (nSPS) is 13.6. The summed E-state index contributed by atoms with van der Waals surface area (Å²) in [5.41, 5.74) is 4.55. The standard InChI is InChI=1S/C20H21NO4S/c1-26-11-10-18(19(22)23)21-20(24)25-12-17-15-8-4-2-6-13(15)14-7-3-5-9-16(14)17/h2-9,17-18H,10-12H2,1H3,(H,21,24)(H,22,23)/t18-/m0/s1/i19+1. The van der Waals surface area contributed by atoms with Gasteiger partial charge < -0.3 is 15.2 Å². The van der Waals surface area contributed by atoms with E-state index in [2.05, 4.69) is 17.4 Å². The first-order valence-corrected chi connectivity index (χ1v) is 9.84. The van der Waals surface area contributed by atoms with Crippen molar-refractivity contribution in [3.05, 3.63) is 59.7 Å². The van der Waals surface area contributed by atoms with Crippen molar-refractivity contribution in [3.8, 4) is 11.1 Å². The van der Waals surface area contributed by atoms with Crippen LogP contribution >= 0.6 is 11.8 Å². The molecular weight excluding hydrogens is 351 g/mol. The fourth-order valence-corrected chi connectivity index (χ4v) is 3.75. The Morgan fingerprint density at radius 3 is 2.23 bits per heavy atom. The van der Waals surface area contributed by atoms with E-state index in [-0.39, 0.29) is 12.5 Å². The molecular formula is C20H21NO4S. The minimum absolute atomic E-state index is 0.0392. The van der Waals surface area contributed by atoms with Crippen LogP contribution in [0, 0.1) is 0 Å². The quantitative estimate of drug-likeness (QED) is 0.724. The van der Waals surface area contributed by atoms with Gasteiger partial charge in [0.25, 0.3) is 0 Å². The Kier molecular flexibility index (Phi) is 5.83. The number of carboxylic acid groups (broad SMARTS) is 1. The first kappa shape index (κ1) is 18.3. The van der Waals surface area contributed by atoms with Gasteiger partial charge in [-0.3, -0.25) is 0 Å². The summed E-state index contributed by atoms with van der Waals surface area (Å²) in [4.78, 5) is 23.3. The van der Waals surface area contributed by atoms with Crippen LogP contribution in [-0.2, 0) is 9.53 Å². The number of carbonyl (C=O) groups excluding carboxylic acids is 1. The van der Waals surface area contributed by atoms with Crippen LogP contribution in [0.5, 0.6) is 0 Å². The van der Waals surface area contributed by atoms with Crippen LogP contribution in [0.4, 0.5) is 4.79 Å². The number of amides is 1. The Hall–Kier alpha value is -2.47. The number of carboxylic acids is 1. The lowest BCUT2D eigenvalue weighted by Crippen LogP contribution is -2.41. The number of rotatable bonds is 7. The molecule has 1 aliphatic carbocycles. The third-order valence-corrected chi connectivity index (χ3v) is 5.19. The number of ether oxygens (including phenoxy) is 1. The van der Waals surface area contributed by atoms with Crippen LogP contribution in [-0.4, -0.2) is 41.8 Å². The van der Waals surface area contributed by atoms with Crippen molar-refractivity contribution < 1.29 is 19.4 Å². The number of thioether (sulfide) groups is 1. The predicted molar refractivity (Wildman–Crippen MR) is 103 cm³/mol. The Balaban J connectivity index is 1.68. The highest BCUT2D eigenvalue weighted by Gasteiger charge is 2.29. The third-order valence-electron chi connectivity index (χ3n) is 4.54. The van der Waals surface area contributed by atoms with Crippen molar-refractivity contribution in [2.45, 2.75) is 18.4 Å². The maximum Gasteiger partial charge on any atom is 0.407 e. The van der Waals surface area contributed by atoms with Gasteiger partial charge in [0.05, 0.1) is 0 Å². The molecule has 26 heavy (non-hydrogen) atoms. The number of aliphatic carboxylic acids is 1. The summed E-state index contributed by atoms with van der Waals surface area (Å²) in [7, 11) is 0. The second-order valence-corrected chi connectivity index (χ2v) is 7.13. The van der Waals surface area contributed by atoms with Gasteiger partial charge >= 0.3 is 12.1 Å². The first-order valence-electron chi connectivity index (χ1n) is 8.45. The molecule has 1 atom stereocenters. The summed E-state index contributed by atoms with van der Waals surface area (Å²) < 4.78 is 5.38. The molecule has 0 saturated carbocycles. The summed E-state index contributed by atoms with van der Waals surface area (Å²) >= 11 is 1.54. The highest BCUT2D eigenvalue weighted by atomic mass is 32.2. The lowest BCUT2D eigenvalue weighted by Gasteiger charge is -2.17. The van der Waals surface area contributed by atoms with Crippen LogP contribution in [0.1, 0.15) is 23.5 Å². The zero-order valence-electron chi connectivity index (χ0n) is 14.5. The maximum atomic E-state index is 12.1. The van der Waals surface area contributed by atoms with Crippen molar-refractivity contribution in [1.29, 1.82) is 0 Å². The number of carbonyl (C=O) groups is 2. The lowest BCUT2D eigenvalue weighted by atomic mass is 9.98. The van der Waals surface area contributed by atoms with Gasteiger partial charge in [-0.1, -0.05) is 48.5 Å². The zero-order valence-corrected chi connectivity index (χ0v) is 15.3. The van der Waals surface area contributed by atoms with Gasteiger partial charge in [0.2, 0.25) is 0 Å². The Labute approximate surface area is 156 Å². The second kappa shape index (κ2) is 8.27. The van der Waals surface area contributed by atoms with Crippen LogP contribution in [0.15, 0.2) is 48.5 Å². The highest BCUT2D eigenvalue weighted by molar-refractivity contribution is 7.98. The molecule has 3 rings (SSSR count). The monoisotopic (exact) mass is 372 g/mol. The smallest absolute Gasteiger partial charge is 0.407 e. The molecule has 0 aliphatic heterocycles. The van der Waals surface area contributed by atoms with Crippen LogP contribution in [0.2, 0.25) is 0 Å². The van der Waals surface area contributed by atoms with Crippen molar-refractivity contribution in [3.63, 3.8) is 0 Å². The third kappa shape index (κ3) is 3.85. The minimum Gasteiger partial charge on any atom is -0.480 e. The Bertz CT molecular complexity index is 762. The van der Waals surface area contributed by atoms with Gasteiger partial charge in [-0.05, 0) is 40.7 Å². The number of hydrogen-bond acceptors (Lipinski definition) is 4. The molecule has 2 N–H and O–H groups in total.